The molecule has 7 heteroatoms. The van der Waals surface area contributed by atoms with Crippen LogP contribution >= 0.6 is 0 Å². The molecule has 0 radical (unpaired) electrons. The zero-order chi connectivity index (χ0) is 25.2. The third-order valence-electron chi connectivity index (χ3n) is 6.43. The van der Waals surface area contributed by atoms with Gasteiger partial charge in [-0.25, -0.2) is 0 Å². The fraction of sp³-hybridized carbons (Fsp3) is 0.393. The van der Waals surface area contributed by atoms with Gasteiger partial charge in [0.15, 0.2) is 0 Å². The van der Waals surface area contributed by atoms with E-state index in [9.17, 15) is 9.59 Å². The van der Waals surface area contributed by atoms with Crippen LogP contribution in [0, 0.1) is 0 Å². The first-order chi connectivity index (χ1) is 16.6. The lowest BCUT2D eigenvalue weighted by molar-refractivity contribution is -0.133. The van der Waals surface area contributed by atoms with E-state index < -0.39 is 5.54 Å². The molecule has 2 aromatic carbocycles. The van der Waals surface area contributed by atoms with E-state index in [4.69, 9.17) is 9.84 Å². The lowest BCUT2D eigenvalue weighted by Gasteiger charge is -2.43. The van der Waals surface area contributed by atoms with Gasteiger partial charge in [-0.05, 0) is 43.2 Å². The van der Waals surface area contributed by atoms with Crippen molar-refractivity contribution in [2.24, 2.45) is 0 Å². The first kappa shape index (κ1) is 24.5. The van der Waals surface area contributed by atoms with Gasteiger partial charge in [0.2, 0.25) is 5.91 Å². The first-order valence-electron chi connectivity index (χ1n) is 12.1. The lowest BCUT2D eigenvalue weighted by atomic mass is 9.91. The molecule has 0 saturated heterocycles. The lowest BCUT2D eigenvalue weighted by Crippen LogP contribution is -2.63. The molecule has 1 aromatic heterocycles. The highest BCUT2D eigenvalue weighted by Gasteiger charge is 2.48. The van der Waals surface area contributed by atoms with Crippen LogP contribution in [-0.2, 0) is 29.8 Å². The Bertz CT molecular complexity index is 1200. The Labute approximate surface area is 207 Å². The summed E-state index contributed by atoms with van der Waals surface area (Å²) < 4.78 is 7.24. The highest BCUT2D eigenvalue weighted by Crippen LogP contribution is 2.32. The number of amides is 2. The SMILES string of the molecule is CCOc1ccc(CN2C(=O)c3cc(C(C)(C)C)nn3CC2(C)C(=O)NCc2ccccc2)cc1. The van der Waals surface area contributed by atoms with E-state index in [0.717, 1.165) is 22.6 Å². The Morgan fingerprint density at radius 3 is 2.40 bits per heavy atom. The predicted molar refractivity (Wildman–Crippen MR) is 135 cm³/mol. The molecule has 1 aliphatic heterocycles. The molecule has 0 fully saturated rings. The van der Waals surface area contributed by atoms with Gasteiger partial charge in [0, 0.05) is 18.5 Å². The summed E-state index contributed by atoms with van der Waals surface area (Å²) in [5.74, 6) is 0.363. The molecule has 1 aliphatic rings. The molecule has 2 heterocycles. The second kappa shape index (κ2) is 9.56. The van der Waals surface area contributed by atoms with Crippen molar-refractivity contribution in [3.05, 3.63) is 83.2 Å². The van der Waals surface area contributed by atoms with Gasteiger partial charge in [-0.15, -0.1) is 0 Å². The minimum Gasteiger partial charge on any atom is -0.494 e. The highest BCUT2D eigenvalue weighted by atomic mass is 16.5. The van der Waals surface area contributed by atoms with Crippen molar-refractivity contribution in [3.63, 3.8) is 0 Å². The second-order valence-electron chi connectivity index (χ2n) is 10.2. The summed E-state index contributed by atoms with van der Waals surface area (Å²) in [5, 5.41) is 7.76. The van der Waals surface area contributed by atoms with Gasteiger partial charge in [-0.1, -0.05) is 63.2 Å². The number of hydrogen-bond acceptors (Lipinski definition) is 4. The van der Waals surface area contributed by atoms with Crippen molar-refractivity contribution in [1.29, 1.82) is 0 Å². The summed E-state index contributed by atoms with van der Waals surface area (Å²) in [6, 6.07) is 19.3. The van der Waals surface area contributed by atoms with Crippen molar-refractivity contribution in [2.75, 3.05) is 6.61 Å². The van der Waals surface area contributed by atoms with Crippen LogP contribution in [0.5, 0.6) is 5.75 Å². The number of carbonyl (C=O) groups excluding carboxylic acids is 2. The fourth-order valence-corrected chi connectivity index (χ4v) is 4.26. The largest absolute Gasteiger partial charge is 0.494 e. The molecule has 184 valence electrons. The molecule has 0 spiro atoms. The molecule has 1 atom stereocenters. The number of aromatic nitrogens is 2. The Morgan fingerprint density at radius 2 is 1.77 bits per heavy atom. The summed E-state index contributed by atoms with van der Waals surface area (Å²) in [6.45, 7) is 11.5. The minimum atomic E-state index is -1.11. The quantitative estimate of drug-likeness (QED) is 0.554. The second-order valence-corrected chi connectivity index (χ2v) is 10.2. The van der Waals surface area contributed by atoms with Gasteiger partial charge in [0.1, 0.15) is 17.0 Å². The van der Waals surface area contributed by atoms with Crippen LogP contribution in [0.4, 0.5) is 0 Å². The molecular weight excluding hydrogens is 440 g/mol. The molecule has 2 amide bonds. The smallest absolute Gasteiger partial charge is 0.273 e. The van der Waals surface area contributed by atoms with Crippen LogP contribution in [0.2, 0.25) is 0 Å². The molecule has 35 heavy (non-hydrogen) atoms. The molecule has 0 aliphatic carbocycles. The maximum atomic E-state index is 13.8. The molecular formula is C28H34N4O3. The van der Waals surface area contributed by atoms with Crippen molar-refractivity contribution < 1.29 is 14.3 Å². The molecule has 1 unspecified atom stereocenters. The molecule has 3 aromatic rings. The number of benzene rings is 2. The number of nitrogens with one attached hydrogen (secondary N) is 1. The summed E-state index contributed by atoms with van der Waals surface area (Å²) >= 11 is 0. The zero-order valence-electron chi connectivity index (χ0n) is 21.2. The van der Waals surface area contributed by atoms with Crippen molar-refractivity contribution in [1.82, 2.24) is 20.0 Å². The standard InChI is InChI=1S/C28H34N4O3/c1-6-35-22-14-12-21(13-15-22)18-31-25(33)23-16-24(27(2,3)4)30-32(23)19-28(31,5)26(34)29-17-20-10-8-7-9-11-20/h7-16H,6,17-19H2,1-5H3,(H,29,34). The van der Waals surface area contributed by atoms with Gasteiger partial charge in [0.05, 0.1) is 18.8 Å². The molecule has 0 saturated carbocycles. The Kier molecular flexibility index (Phi) is 6.70. The van der Waals surface area contributed by atoms with Crippen molar-refractivity contribution in [2.45, 2.75) is 65.2 Å². The maximum Gasteiger partial charge on any atom is 0.273 e. The fourth-order valence-electron chi connectivity index (χ4n) is 4.26. The maximum absolute atomic E-state index is 13.8. The third kappa shape index (κ3) is 5.09. The van der Waals surface area contributed by atoms with Crippen molar-refractivity contribution >= 4 is 11.8 Å². The number of carbonyl (C=O) groups is 2. The minimum absolute atomic E-state index is 0.203. The molecule has 4 rings (SSSR count). The van der Waals surface area contributed by atoms with E-state index >= 15 is 0 Å². The molecule has 7 nitrogen and oxygen atoms in total. The number of rotatable bonds is 7. The van der Waals surface area contributed by atoms with Crippen molar-refractivity contribution in [3.8, 4) is 5.75 Å². The number of ether oxygens (including phenoxy) is 1. The van der Waals surface area contributed by atoms with E-state index in [2.05, 4.69) is 26.1 Å². The van der Waals surface area contributed by atoms with Gasteiger partial charge in [-0.3, -0.25) is 14.3 Å². The summed E-state index contributed by atoms with van der Waals surface area (Å²) in [4.78, 5) is 29.1. The average molecular weight is 475 g/mol. The Balaban J connectivity index is 1.66. The van der Waals surface area contributed by atoms with E-state index in [1.807, 2.05) is 74.5 Å². The monoisotopic (exact) mass is 474 g/mol. The van der Waals surface area contributed by atoms with Gasteiger partial charge in [0.25, 0.3) is 5.91 Å². The summed E-state index contributed by atoms with van der Waals surface area (Å²) in [7, 11) is 0. The van der Waals surface area contributed by atoms with Crippen LogP contribution in [-0.4, -0.2) is 38.6 Å². The first-order valence-corrected chi connectivity index (χ1v) is 12.1. The normalized spacial score (nSPS) is 17.7. The van der Waals surface area contributed by atoms with E-state index in [-0.39, 0.29) is 23.8 Å². The van der Waals surface area contributed by atoms with Gasteiger partial charge >= 0.3 is 0 Å². The van der Waals surface area contributed by atoms with E-state index in [1.165, 1.54) is 0 Å². The van der Waals surface area contributed by atoms with Gasteiger partial charge in [-0.2, -0.15) is 5.10 Å². The van der Waals surface area contributed by atoms with E-state index in [0.29, 0.717) is 25.4 Å². The van der Waals surface area contributed by atoms with Crippen LogP contribution in [0.15, 0.2) is 60.7 Å². The Hall–Kier alpha value is -3.61. The number of nitrogens with zero attached hydrogens (tertiary/aromatic N) is 3. The zero-order valence-corrected chi connectivity index (χ0v) is 21.2. The Morgan fingerprint density at radius 1 is 1.09 bits per heavy atom. The van der Waals surface area contributed by atoms with Gasteiger partial charge < -0.3 is 15.0 Å². The average Bonchev–Trinajstić information content (AvgIpc) is 3.27. The topological polar surface area (TPSA) is 76.5 Å². The molecule has 0 bridgehead atoms. The highest BCUT2D eigenvalue weighted by molar-refractivity contribution is 5.99. The van der Waals surface area contributed by atoms with Crippen LogP contribution in [0.25, 0.3) is 0 Å². The molecule has 1 N–H and O–H groups in total. The van der Waals surface area contributed by atoms with Crippen LogP contribution in [0.3, 0.4) is 0 Å². The van der Waals surface area contributed by atoms with Crippen LogP contribution < -0.4 is 10.1 Å². The summed E-state index contributed by atoms with van der Waals surface area (Å²) in [6.07, 6.45) is 0. The summed E-state index contributed by atoms with van der Waals surface area (Å²) in [5.41, 5.74) is 1.94. The third-order valence-corrected chi connectivity index (χ3v) is 6.43. The number of fused-ring (bicyclic) bond motifs is 1. The van der Waals surface area contributed by atoms with Crippen LogP contribution in [0.1, 0.15) is 61.9 Å². The van der Waals surface area contributed by atoms with E-state index in [1.54, 1.807) is 9.58 Å². The number of hydrogen-bond donors (Lipinski definition) is 1. The predicted octanol–water partition coefficient (Wildman–Crippen LogP) is 4.31.